The number of nitrogens with one attached hydrogen (secondary N) is 1. The Hall–Kier alpha value is 0.01000. The van der Waals surface area contributed by atoms with Gasteiger partial charge in [0.25, 0.3) is 0 Å². The third kappa shape index (κ3) is 3.51. The summed E-state index contributed by atoms with van der Waals surface area (Å²) in [4.78, 5) is 1.39. The summed E-state index contributed by atoms with van der Waals surface area (Å²) >= 11 is 5.50. The minimum atomic E-state index is 0.724. The van der Waals surface area contributed by atoms with Gasteiger partial charge in [0.05, 0.1) is 0 Å². The molecule has 16 heavy (non-hydrogen) atoms. The molecule has 1 saturated carbocycles. The van der Waals surface area contributed by atoms with Crippen molar-refractivity contribution >= 4 is 27.7 Å². The molecule has 2 atom stereocenters. The minimum absolute atomic E-state index is 0.724. The molecule has 1 aromatic rings. The van der Waals surface area contributed by atoms with Gasteiger partial charge >= 0.3 is 0 Å². The fraction of sp³-hybridized carbons (Fsp3) is 0.538. The highest BCUT2D eigenvalue weighted by atomic mass is 79.9. The van der Waals surface area contributed by atoms with Crippen LogP contribution < -0.4 is 5.32 Å². The van der Waals surface area contributed by atoms with E-state index in [4.69, 9.17) is 0 Å². The largest absolute Gasteiger partial charge is 0.317 e. The highest BCUT2D eigenvalue weighted by Crippen LogP contribution is 2.34. The summed E-state index contributed by atoms with van der Waals surface area (Å²) in [6, 6.07) is 9.39. The van der Waals surface area contributed by atoms with Crippen molar-refractivity contribution in [2.24, 2.45) is 0 Å². The molecule has 0 amide bonds. The Morgan fingerprint density at radius 3 is 2.69 bits per heavy atom. The molecule has 1 nitrogen and oxygen atoms in total. The summed E-state index contributed by atoms with van der Waals surface area (Å²) in [5, 5.41) is 4.19. The second-order valence-electron chi connectivity index (χ2n) is 4.35. The maximum atomic E-state index is 3.47. The van der Waals surface area contributed by atoms with E-state index in [0.717, 1.165) is 15.8 Å². The number of thioether (sulfide) groups is 1. The number of rotatable bonds is 3. The average molecular weight is 300 g/mol. The van der Waals surface area contributed by atoms with Gasteiger partial charge in [-0.25, -0.2) is 0 Å². The standard InChI is InChI=1S/C13H18BrNS/c1-15-11-3-2-4-13(9-11)16-12-7-5-10(14)6-8-12/h5-8,11,13,15H,2-4,9H2,1H3. The third-order valence-electron chi connectivity index (χ3n) is 3.15. The summed E-state index contributed by atoms with van der Waals surface area (Å²) in [7, 11) is 2.08. The van der Waals surface area contributed by atoms with E-state index in [0.29, 0.717) is 0 Å². The van der Waals surface area contributed by atoms with Crippen molar-refractivity contribution in [3.8, 4) is 0 Å². The first kappa shape index (κ1) is 12.5. The second-order valence-corrected chi connectivity index (χ2v) is 6.64. The highest BCUT2D eigenvalue weighted by molar-refractivity contribution is 9.10. The van der Waals surface area contributed by atoms with Crippen molar-refractivity contribution in [2.45, 2.75) is 41.9 Å². The van der Waals surface area contributed by atoms with Crippen LogP contribution in [0.5, 0.6) is 0 Å². The van der Waals surface area contributed by atoms with Crippen LogP contribution in [0.3, 0.4) is 0 Å². The molecule has 2 rings (SSSR count). The fourth-order valence-electron chi connectivity index (χ4n) is 2.22. The van der Waals surface area contributed by atoms with Gasteiger partial charge in [-0.05, 0) is 50.6 Å². The van der Waals surface area contributed by atoms with Crippen LogP contribution in [-0.2, 0) is 0 Å². The third-order valence-corrected chi connectivity index (χ3v) is 4.99. The van der Waals surface area contributed by atoms with E-state index >= 15 is 0 Å². The topological polar surface area (TPSA) is 12.0 Å². The van der Waals surface area contributed by atoms with E-state index in [-0.39, 0.29) is 0 Å². The van der Waals surface area contributed by atoms with E-state index in [9.17, 15) is 0 Å². The van der Waals surface area contributed by atoms with Gasteiger partial charge in [-0.3, -0.25) is 0 Å². The molecule has 0 spiro atoms. The second kappa shape index (κ2) is 6.08. The van der Waals surface area contributed by atoms with Crippen LogP contribution in [0.15, 0.2) is 33.6 Å². The van der Waals surface area contributed by atoms with Crippen LogP contribution in [0.1, 0.15) is 25.7 Å². The lowest BCUT2D eigenvalue weighted by Gasteiger charge is -2.28. The van der Waals surface area contributed by atoms with E-state index in [2.05, 4.69) is 52.6 Å². The lowest BCUT2D eigenvalue weighted by Crippen LogP contribution is -2.32. The van der Waals surface area contributed by atoms with Crippen molar-refractivity contribution in [2.75, 3.05) is 7.05 Å². The molecule has 1 fully saturated rings. The van der Waals surface area contributed by atoms with Crippen molar-refractivity contribution in [3.63, 3.8) is 0 Å². The predicted octanol–water partition coefficient (Wildman–Crippen LogP) is 4.07. The van der Waals surface area contributed by atoms with E-state index in [1.165, 1.54) is 30.6 Å². The normalized spacial score (nSPS) is 25.6. The van der Waals surface area contributed by atoms with Crippen LogP contribution in [0.4, 0.5) is 0 Å². The monoisotopic (exact) mass is 299 g/mol. The summed E-state index contributed by atoms with van der Waals surface area (Å²) in [6.45, 7) is 0. The molecule has 1 aliphatic carbocycles. The summed E-state index contributed by atoms with van der Waals surface area (Å²) in [5.41, 5.74) is 0. The van der Waals surface area contributed by atoms with Gasteiger partial charge in [0, 0.05) is 20.7 Å². The SMILES string of the molecule is CNC1CCCC(Sc2ccc(Br)cc2)C1. The smallest absolute Gasteiger partial charge is 0.0176 e. The maximum Gasteiger partial charge on any atom is 0.0176 e. The zero-order valence-electron chi connectivity index (χ0n) is 9.58. The molecule has 1 aromatic carbocycles. The van der Waals surface area contributed by atoms with E-state index in [1.54, 1.807) is 0 Å². The number of hydrogen-bond acceptors (Lipinski definition) is 2. The van der Waals surface area contributed by atoms with Gasteiger partial charge in [0.1, 0.15) is 0 Å². The quantitative estimate of drug-likeness (QED) is 0.903. The van der Waals surface area contributed by atoms with Crippen LogP contribution in [0, 0.1) is 0 Å². The average Bonchev–Trinajstić information content (AvgIpc) is 2.32. The zero-order chi connectivity index (χ0) is 11.4. The first-order chi connectivity index (χ1) is 7.78. The Kier molecular flexibility index (Phi) is 4.74. The molecule has 0 radical (unpaired) electrons. The first-order valence-corrected chi connectivity index (χ1v) is 7.54. The molecule has 2 unspecified atom stereocenters. The van der Waals surface area contributed by atoms with Gasteiger partial charge in [0.15, 0.2) is 0 Å². The van der Waals surface area contributed by atoms with Crippen molar-refractivity contribution in [3.05, 3.63) is 28.7 Å². The molecular weight excluding hydrogens is 282 g/mol. The van der Waals surface area contributed by atoms with Crippen LogP contribution in [0.25, 0.3) is 0 Å². The van der Waals surface area contributed by atoms with Crippen LogP contribution in [-0.4, -0.2) is 18.3 Å². The Labute approximate surface area is 111 Å². The summed E-state index contributed by atoms with van der Waals surface area (Å²) in [5.74, 6) is 0. The molecule has 0 saturated heterocycles. The van der Waals surface area contributed by atoms with E-state index in [1.807, 2.05) is 11.8 Å². The molecular formula is C13H18BrNS. The van der Waals surface area contributed by atoms with Crippen LogP contribution >= 0.6 is 27.7 Å². The minimum Gasteiger partial charge on any atom is -0.317 e. The number of halogens is 1. The summed E-state index contributed by atoms with van der Waals surface area (Å²) < 4.78 is 1.16. The first-order valence-electron chi connectivity index (χ1n) is 5.87. The highest BCUT2D eigenvalue weighted by Gasteiger charge is 2.21. The molecule has 0 heterocycles. The number of hydrogen-bond donors (Lipinski definition) is 1. The Bertz CT molecular complexity index is 325. The van der Waals surface area contributed by atoms with E-state index < -0.39 is 0 Å². The van der Waals surface area contributed by atoms with Gasteiger partial charge in [-0.2, -0.15) is 0 Å². The molecule has 0 aromatic heterocycles. The van der Waals surface area contributed by atoms with Gasteiger partial charge in [-0.1, -0.05) is 22.4 Å². The fourth-order valence-corrected chi connectivity index (χ4v) is 3.78. The Balaban J connectivity index is 1.91. The number of benzene rings is 1. The zero-order valence-corrected chi connectivity index (χ0v) is 12.0. The molecule has 0 aliphatic heterocycles. The van der Waals surface area contributed by atoms with Crippen molar-refractivity contribution < 1.29 is 0 Å². The lowest BCUT2D eigenvalue weighted by atomic mass is 9.95. The Morgan fingerprint density at radius 2 is 2.00 bits per heavy atom. The van der Waals surface area contributed by atoms with Crippen molar-refractivity contribution in [1.82, 2.24) is 5.32 Å². The molecule has 88 valence electrons. The molecule has 3 heteroatoms. The molecule has 1 N–H and O–H groups in total. The Morgan fingerprint density at radius 1 is 1.25 bits per heavy atom. The van der Waals surface area contributed by atoms with Crippen molar-refractivity contribution in [1.29, 1.82) is 0 Å². The summed E-state index contributed by atoms with van der Waals surface area (Å²) in [6.07, 6.45) is 5.36. The molecule has 1 aliphatic rings. The maximum absolute atomic E-state index is 3.47. The van der Waals surface area contributed by atoms with Gasteiger partial charge in [0.2, 0.25) is 0 Å². The lowest BCUT2D eigenvalue weighted by molar-refractivity contribution is 0.402. The van der Waals surface area contributed by atoms with Gasteiger partial charge < -0.3 is 5.32 Å². The molecule has 0 bridgehead atoms. The predicted molar refractivity (Wildman–Crippen MR) is 75.1 cm³/mol. The van der Waals surface area contributed by atoms with Crippen LogP contribution in [0.2, 0.25) is 0 Å². The van der Waals surface area contributed by atoms with Gasteiger partial charge in [-0.15, -0.1) is 11.8 Å².